The molecular formula is C22H26O8. The Balaban J connectivity index is 2.05. The van der Waals surface area contributed by atoms with Crippen LogP contribution in [0.4, 0.5) is 0 Å². The molecule has 5 N–H and O–H groups in total. The molecule has 0 bridgehead atoms. The molecule has 5 atom stereocenters. The summed E-state index contributed by atoms with van der Waals surface area (Å²) < 4.78 is 5.87. The first-order chi connectivity index (χ1) is 14.2. The van der Waals surface area contributed by atoms with Crippen molar-refractivity contribution in [3.8, 4) is 0 Å². The van der Waals surface area contributed by atoms with Crippen molar-refractivity contribution < 1.29 is 39.9 Å². The number of aryl methyl sites for hydroxylation is 1. The zero-order valence-corrected chi connectivity index (χ0v) is 16.6. The molecule has 2 aromatic rings. The fourth-order valence-corrected chi connectivity index (χ4v) is 3.97. The zero-order chi connectivity index (χ0) is 22.0. The maximum Gasteiger partial charge on any atom is 0.335 e. The summed E-state index contributed by atoms with van der Waals surface area (Å²) in [6.07, 6.45) is -3.99. The van der Waals surface area contributed by atoms with Crippen molar-refractivity contribution in [1.82, 2.24) is 0 Å². The number of carbonyl (C=O) groups is 2. The van der Waals surface area contributed by atoms with Crippen molar-refractivity contribution >= 4 is 22.7 Å². The fourth-order valence-electron chi connectivity index (χ4n) is 3.97. The molecule has 1 fully saturated rings. The lowest BCUT2D eigenvalue weighted by Crippen LogP contribution is -2.53. The number of aromatic carboxylic acids is 1. The van der Waals surface area contributed by atoms with E-state index in [0.717, 1.165) is 5.56 Å². The highest BCUT2D eigenvalue weighted by molar-refractivity contribution is 5.96. The Bertz CT molecular complexity index is 940. The molecule has 0 amide bonds. The Kier molecular flexibility index (Phi) is 6.72. The molecule has 1 saturated heterocycles. The molecule has 1 heterocycles. The second-order valence-electron chi connectivity index (χ2n) is 7.71. The van der Waals surface area contributed by atoms with E-state index in [1.54, 1.807) is 19.1 Å². The van der Waals surface area contributed by atoms with Gasteiger partial charge in [-0.3, -0.25) is 4.79 Å². The van der Waals surface area contributed by atoms with Crippen molar-refractivity contribution in [3.05, 3.63) is 47.0 Å². The minimum Gasteiger partial charge on any atom is -0.481 e. The number of aliphatic hydroxyl groups is 3. The average molecular weight is 418 g/mol. The normalized spacial score (nSPS) is 26.6. The van der Waals surface area contributed by atoms with Crippen LogP contribution in [-0.2, 0) is 16.0 Å². The van der Waals surface area contributed by atoms with Crippen LogP contribution in [0.25, 0.3) is 10.8 Å². The lowest BCUT2D eigenvalue weighted by atomic mass is 9.85. The number of unbranched alkanes of at least 4 members (excludes halogenated alkanes) is 1. The van der Waals surface area contributed by atoms with Crippen LogP contribution in [0.2, 0.25) is 0 Å². The van der Waals surface area contributed by atoms with Crippen LogP contribution in [0.5, 0.6) is 0 Å². The summed E-state index contributed by atoms with van der Waals surface area (Å²) >= 11 is 0. The van der Waals surface area contributed by atoms with Crippen molar-refractivity contribution in [2.24, 2.45) is 0 Å². The van der Waals surface area contributed by atoms with Crippen molar-refractivity contribution in [2.45, 2.75) is 63.1 Å². The number of aliphatic hydroxyl groups excluding tert-OH is 3. The lowest BCUT2D eigenvalue weighted by Gasteiger charge is -2.40. The number of rotatable bonds is 7. The molecule has 0 aromatic heterocycles. The molecule has 0 aliphatic carbocycles. The first-order valence-electron chi connectivity index (χ1n) is 9.91. The van der Waals surface area contributed by atoms with Gasteiger partial charge in [-0.1, -0.05) is 18.2 Å². The van der Waals surface area contributed by atoms with E-state index in [4.69, 9.17) is 9.84 Å². The molecule has 1 aliphatic rings. The van der Waals surface area contributed by atoms with Crippen LogP contribution in [-0.4, -0.2) is 61.9 Å². The van der Waals surface area contributed by atoms with E-state index in [-0.39, 0.29) is 12.0 Å². The summed E-state index contributed by atoms with van der Waals surface area (Å²) in [4.78, 5) is 22.1. The molecule has 2 aromatic carbocycles. The van der Waals surface area contributed by atoms with Crippen molar-refractivity contribution in [3.63, 3.8) is 0 Å². The molecule has 3 rings (SSSR count). The highest BCUT2D eigenvalue weighted by atomic mass is 16.5. The number of hydrogen-bond acceptors (Lipinski definition) is 6. The molecule has 0 spiro atoms. The van der Waals surface area contributed by atoms with Crippen LogP contribution in [0, 0.1) is 0 Å². The van der Waals surface area contributed by atoms with Gasteiger partial charge in [0.2, 0.25) is 0 Å². The molecule has 0 saturated carbocycles. The third-order valence-electron chi connectivity index (χ3n) is 5.62. The van der Waals surface area contributed by atoms with Gasteiger partial charge in [-0.15, -0.1) is 0 Å². The largest absolute Gasteiger partial charge is 0.481 e. The molecule has 8 heteroatoms. The Hall–Kier alpha value is -2.52. The van der Waals surface area contributed by atoms with E-state index < -0.39 is 42.5 Å². The quantitative estimate of drug-likeness (QED) is 0.429. The number of carboxylic acid groups (broad SMARTS) is 2. The predicted octanol–water partition coefficient (Wildman–Crippen LogP) is 1.88. The number of hydrogen-bond donors (Lipinski definition) is 5. The van der Waals surface area contributed by atoms with E-state index in [2.05, 4.69) is 0 Å². The van der Waals surface area contributed by atoms with Gasteiger partial charge in [0.05, 0.1) is 11.7 Å². The van der Waals surface area contributed by atoms with Gasteiger partial charge in [-0.25, -0.2) is 4.79 Å². The molecule has 162 valence electrons. The van der Waals surface area contributed by atoms with Crippen LogP contribution < -0.4 is 0 Å². The van der Waals surface area contributed by atoms with Crippen LogP contribution in [0.15, 0.2) is 30.3 Å². The Morgan fingerprint density at radius 2 is 1.70 bits per heavy atom. The molecule has 3 unspecified atom stereocenters. The van der Waals surface area contributed by atoms with Crippen molar-refractivity contribution in [1.29, 1.82) is 0 Å². The first kappa shape index (κ1) is 22.2. The summed E-state index contributed by atoms with van der Waals surface area (Å²) in [5.41, 5.74) is 1.55. The number of benzene rings is 2. The third-order valence-corrected chi connectivity index (χ3v) is 5.62. The minimum atomic E-state index is -1.40. The van der Waals surface area contributed by atoms with Gasteiger partial charge in [0.25, 0.3) is 0 Å². The van der Waals surface area contributed by atoms with Gasteiger partial charge in [0.15, 0.2) is 0 Å². The Morgan fingerprint density at radius 1 is 0.967 bits per heavy atom. The minimum absolute atomic E-state index is 0.0510. The second-order valence-corrected chi connectivity index (χ2v) is 7.71. The number of ether oxygens (including phenoxy) is 1. The SMILES string of the molecule is CC1O[C@H](c2c(CCCCC(=O)O)ccc3cc(C(=O)O)ccc23)C(O)C(O)[C@@H]1O. The maximum absolute atomic E-state index is 11.3. The molecule has 30 heavy (non-hydrogen) atoms. The van der Waals surface area contributed by atoms with Gasteiger partial charge in [-0.2, -0.15) is 0 Å². The number of carboxylic acids is 2. The maximum atomic E-state index is 11.3. The molecule has 8 nitrogen and oxygen atoms in total. The predicted molar refractivity (Wildman–Crippen MR) is 107 cm³/mol. The topological polar surface area (TPSA) is 145 Å². The van der Waals surface area contributed by atoms with Gasteiger partial charge >= 0.3 is 11.9 Å². The highest BCUT2D eigenvalue weighted by Crippen LogP contribution is 2.38. The lowest BCUT2D eigenvalue weighted by molar-refractivity contribution is -0.219. The summed E-state index contributed by atoms with van der Waals surface area (Å²) in [6, 6.07) is 8.22. The molecular weight excluding hydrogens is 392 g/mol. The van der Waals surface area contributed by atoms with Gasteiger partial charge < -0.3 is 30.3 Å². The summed E-state index contributed by atoms with van der Waals surface area (Å²) in [5, 5.41) is 50.4. The average Bonchev–Trinajstić information content (AvgIpc) is 2.71. The summed E-state index contributed by atoms with van der Waals surface area (Å²) in [5.74, 6) is -1.93. The standard InChI is InChI=1S/C22H26O8/c1-11-18(25)19(26)20(27)21(30-11)17-12(4-2-3-5-16(23)24)6-7-13-10-14(22(28)29)8-9-15(13)17/h6-11,18-21,25-27H,2-5H2,1H3,(H,23,24)(H,28,29)/t11?,18-,19?,20?,21-/m1/s1. The summed E-state index contributed by atoms with van der Waals surface area (Å²) in [7, 11) is 0. The van der Waals surface area contributed by atoms with Crippen LogP contribution >= 0.6 is 0 Å². The van der Waals surface area contributed by atoms with E-state index in [1.807, 2.05) is 6.07 Å². The summed E-state index contributed by atoms with van der Waals surface area (Å²) in [6.45, 7) is 1.60. The van der Waals surface area contributed by atoms with E-state index >= 15 is 0 Å². The smallest absolute Gasteiger partial charge is 0.335 e. The first-order valence-corrected chi connectivity index (χ1v) is 9.91. The monoisotopic (exact) mass is 418 g/mol. The fraction of sp³-hybridized carbons (Fsp3) is 0.455. The van der Waals surface area contributed by atoms with E-state index in [0.29, 0.717) is 35.6 Å². The third kappa shape index (κ3) is 4.46. The Morgan fingerprint density at radius 3 is 2.37 bits per heavy atom. The van der Waals surface area contributed by atoms with Crippen LogP contribution in [0.1, 0.15) is 53.8 Å². The zero-order valence-electron chi connectivity index (χ0n) is 16.6. The molecule has 1 aliphatic heterocycles. The highest BCUT2D eigenvalue weighted by Gasteiger charge is 2.43. The van der Waals surface area contributed by atoms with E-state index in [1.165, 1.54) is 12.1 Å². The number of aliphatic carboxylic acids is 1. The number of fused-ring (bicyclic) bond motifs is 1. The van der Waals surface area contributed by atoms with Gasteiger partial charge in [0.1, 0.15) is 24.4 Å². The second kappa shape index (κ2) is 9.09. The van der Waals surface area contributed by atoms with Crippen molar-refractivity contribution in [2.75, 3.05) is 0 Å². The van der Waals surface area contributed by atoms with Crippen LogP contribution in [0.3, 0.4) is 0 Å². The van der Waals surface area contributed by atoms with Gasteiger partial charge in [-0.05, 0) is 60.2 Å². The molecule has 0 radical (unpaired) electrons. The van der Waals surface area contributed by atoms with E-state index in [9.17, 15) is 30.0 Å². The van der Waals surface area contributed by atoms with Gasteiger partial charge in [0, 0.05) is 6.42 Å². The Labute approximate surface area is 173 Å².